The fraction of sp³-hybridized carbons (Fsp3) is 0. The van der Waals surface area contributed by atoms with E-state index in [0.717, 1.165) is 0 Å². The van der Waals surface area contributed by atoms with E-state index < -0.39 is 0 Å². The minimum absolute atomic E-state index is 0. The molecule has 0 spiro atoms. The molecule has 0 bridgehead atoms. The molecule has 2 radical (unpaired) electrons. The monoisotopic (exact) mass is 422 g/mol. The van der Waals surface area contributed by atoms with Crippen molar-refractivity contribution in [2.75, 3.05) is 0 Å². The minimum atomic E-state index is 0. The molecule has 30 valence electrons. The van der Waals surface area contributed by atoms with Crippen molar-refractivity contribution in [2.45, 2.75) is 0 Å². The fourth-order valence-electron chi connectivity index (χ4n) is 0. The van der Waals surface area contributed by atoms with Crippen molar-refractivity contribution in [2.24, 2.45) is 0 Å². The van der Waals surface area contributed by atoms with Crippen LogP contribution in [0, 0.1) is 80.8 Å². The van der Waals surface area contributed by atoms with Gasteiger partial charge in [0.15, 0.2) is 0 Å². The SMILES string of the molecule is [Co].[Co].[Sm].[Sm]. The van der Waals surface area contributed by atoms with E-state index in [2.05, 4.69) is 0 Å². The Hall–Kier alpha value is 3.69. The summed E-state index contributed by atoms with van der Waals surface area (Å²) in [4.78, 5) is 0. The molecule has 0 saturated carbocycles. The van der Waals surface area contributed by atoms with E-state index in [9.17, 15) is 0 Å². The average Bonchev–Trinajstić information content (AvgIpc) is 0. The summed E-state index contributed by atoms with van der Waals surface area (Å²) in [6, 6.07) is 0. The van der Waals surface area contributed by atoms with Crippen LogP contribution in [0.15, 0.2) is 0 Å². The largest absolute Gasteiger partial charge is 0 e. The molecule has 0 aromatic carbocycles. The van der Waals surface area contributed by atoms with Gasteiger partial charge in [0.25, 0.3) is 0 Å². The summed E-state index contributed by atoms with van der Waals surface area (Å²) in [5, 5.41) is 0. The van der Waals surface area contributed by atoms with Gasteiger partial charge in [-0.2, -0.15) is 0 Å². The van der Waals surface area contributed by atoms with E-state index in [4.69, 9.17) is 0 Å². The van der Waals surface area contributed by atoms with Gasteiger partial charge in [-0.15, -0.1) is 0 Å². The Balaban J connectivity index is 0. The predicted molar refractivity (Wildman–Crippen MR) is 0 cm³/mol. The topological polar surface area (TPSA) is 0 Å². The molecule has 4 heavy (non-hydrogen) atoms. The molecule has 0 N–H and O–H groups in total. The first kappa shape index (κ1) is 25.3. The molecule has 0 aliphatic rings. The molecule has 4 heteroatoms. The molecule has 0 aliphatic carbocycles. The van der Waals surface area contributed by atoms with Crippen LogP contribution in [0.5, 0.6) is 0 Å². The second kappa shape index (κ2) is 15.9. The van der Waals surface area contributed by atoms with Gasteiger partial charge in [0, 0.05) is 114 Å². The molecular formula is Co2Sm2. The number of hydrogen-bond acceptors (Lipinski definition) is 0. The Labute approximate surface area is 111 Å². The summed E-state index contributed by atoms with van der Waals surface area (Å²) in [6.07, 6.45) is 0. The average molecular weight is 419 g/mol. The number of rotatable bonds is 0. The Morgan fingerprint density at radius 2 is 0.500 bits per heavy atom. The molecule has 0 aromatic rings. The van der Waals surface area contributed by atoms with Crippen molar-refractivity contribution in [1.29, 1.82) is 0 Å². The first-order valence-electron chi connectivity index (χ1n) is 0. The summed E-state index contributed by atoms with van der Waals surface area (Å²) >= 11 is 0. The van der Waals surface area contributed by atoms with E-state index >= 15 is 0 Å². The Kier molecular flexibility index (Phi) is 101. The molecule has 0 unspecified atom stereocenters. The van der Waals surface area contributed by atoms with Gasteiger partial charge in [0.05, 0.1) is 0 Å². The van der Waals surface area contributed by atoms with Crippen molar-refractivity contribution >= 4 is 0 Å². The Morgan fingerprint density at radius 1 is 0.500 bits per heavy atom. The Bertz CT molecular complexity index is 4.00. The fourth-order valence-corrected chi connectivity index (χ4v) is 0. The molecule has 0 nitrogen and oxygen atoms in total. The zero-order chi connectivity index (χ0) is 0. The molecular weight excluding hydrogens is 419 g/mol. The summed E-state index contributed by atoms with van der Waals surface area (Å²) in [6.45, 7) is 0. The smallest absolute Gasteiger partial charge is 0 e. The van der Waals surface area contributed by atoms with Gasteiger partial charge in [-0.05, 0) is 0 Å². The van der Waals surface area contributed by atoms with Crippen molar-refractivity contribution in [3.05, 3.63) is 0 Å². The van der Waals surface area contributed by atoms with E-state index in [0.29, 0.717) is 0 Å². The van der Waals surface area contributed by atoms with E-state index in [1.54, 1.807) is 0 Å². The second-order valence-electron chi connectivity index (χ2n) is 0. The third kappa shape index (κ3) is 9.19. The van der Waals surface area contributed by atoms with E-state index in [1.165, 1.54) is 0 Å². The third-order valence-corrected chi connectivity index (χ3v) is 0. The maximum Gasteiger partial charge on any atom is 0 e. The van der Waals surface area contributed by atoms with Gasteiger partial charge in [-0.3, -0.25) is 0 Å². The quantitative estimate of drug-likeness (QED) is 0.519. The molecule has 0 aliphatic heterocycles. The maximum atomic E-state index is 0. The van der Waals surface area contributed by atoms with Gasteiger partial charge < -0.3 is 0 Å². The summed E-state index contributed by atoms with van der Waals surface area (Å²) < 4.78 is 0. The summed E-state index contributed by atoms with van der Waals surface area (Å²) in [5.74, 6) is 0. The van der Waals surface area contributed by atoms with Crippen LogP contribution in [0.2, 0.25) is 0 Å². The molecule has 0 aromatic heterocycles. The van der Waals surface area contributed by atoms with E-state index in [-0.39, 0.29) is 114 Å². The van der Waals surface area contributed by atoms with Crippen LogP contribution in [0.3, 0.4) is 0 Å². The molecule has 0 rings (SSSR count). The Morgan fingerprint density at radius 3 is 0.500 bits per heavy atom. The van der Waals surface area contributed by atoms with Crippen LogP contribution >= 0.6 is 0 Å². The molecule has 0 heterocycles. The standard InChI is InChI=1S/2Co.2Sm. The molecule has 0 atom stereocenters. The van der Waals surface area contributed by atoms with Crippen LogP contribution in [-0.4, -0.2) is 0 Å². The van der Waals surface area contributed by atoms with Gasteiger partial charge in [-0.1, -0.05) is 0 Å². The predicted octanol–water partition coefficient (Wildman–Crippen LogP) is -0.00500. The minimum Gasteiger partial charge on any atom is 0 e. The van der Waals surface area contributed by atoms with Crippen LogP contribution < -0.4 is 0 Å². The molecule has 0 amide bonds. The molecule has 0 fully saturated rings. The van der Waals surface area contributed by atoms with Crippen LogP contribution in [-0.2, 0) is 33.6 Å². The first-order chi connectivity index (χ1) is 0. The number of hydrogen-bond donors (Lipinski definition) is 0. The molecule has 0 saturated heterocycles. The van der Waals surface area contributed by atoms with Crippen LogP contribution in [0.1, 0.15) is 0 Å². The maximum absolute atomic E-state index is 0. The van der Waals surface area contributed by atoms with Crippen molar-refractivity contribution in [1.82, 2.24) is 0 Å². The van der Waals surface area contributed by atoms with Crippen molar-refractivity contribution < 1.29 is 114 Å². The summed E-state index contributed by atoms with van der Waals surface area (Å²) in [7, 11) is 0. The second-order valence-corrected chi connectivity index (χ2v) is 0. The van der Waals surface area contributed by atoms with Gasteiger partial charge in [0.1, 0.15) is 0 Å². The summed E-state index contributed by atoms with van der Waals surface area (Å²) in [5.41, 5.74) is 0. The van der Waals surface area contributed by atoms with Crippen molar-refractivity contribution in [3.8, 4) is 0 Å². The van der Waals surface area contributed by atoms with Gasteiger partial charge >= 0.3 is 0 Å². The third-order valence-electron chi connectivity index (χ3n) is 0. The van der Waals surface area contributed by atoms with Gasteiger partial charge in [0.2, 0.25) is 0 Å². The first-order valence-corrected chi connectivity index (χ1v) is 0. The van der Waals surface area contributed by atoms with Gasteiger partial charge in [-0.25, -0.2) is 0 Å². The normalized spacial score (nSPS) is 0. The van der Waals surface area contributed by atoms with Crippen molar-refractivity contribution in [3.63, 3.8) is 0 Å². The van der Waals surface area contributed by atoms with E-state index in [1.807, 2.05) is 0 Å². The zero-order valence-electron chi connectivity index (χ0n) is 1.48. The zero-order valence-corrected chi connectivity index (χ0v) is 8.80. The van der Waals surface area contributed by atoms with Crippen LogP contribution in [0.4, 0.5) is 0 Å². The van der Waals surface area contributed by atoms with Crippen LogP contribution in [0.25, 0.3) is 0 Å².